The summed E-state index contributed by atoms with van der Waals surface area (Å²) in [5.74, 6) is -2.75. The summed E-state index contributed by atoms with van der Waals surface area (Å²) in [6, 6.07) is 8.02. The average Bonchev–Trinajstić information content (AvgIpc) is 2.62. The topological polar surface area (TPSA) is 131 Å². The molecule has 9 heteroatoms. The van der Waals surface area contributed by atoms with E-state index in [1.165, 1.54) is 0 Å². The van der Waals surface area contributed by atoms with Crippen LogP contribution in [0.5, 0.6) is 5.75 Å². The van der Waals surface area contributed by atoms with E-state index in [2.05, 4.69) is 15.9 Å². The predicted octanol–water partition coefficient (Wildman–Crippen LogP) is -0.674. The number of piperazine rings is 1. The number of nitrogens with zero attached hydrogens (tertiary/aromatic N) is 2. The van der Waals surface area contributed by atoms with Crippen molar-refractivity contribution in [2.45, 2.75) is 6.10 Å². The van der Waals surface area contributed by atoms with Crippen LogP contribution in [0.25, 0.3) is 0 Å². The second-order valence-corrected chi connectivity index (χ2v) is 5.41. The molecule has 25 heavy (non-hydrogen) atoms. The fourth-order valence-corrected chi connectivity index (χ4v) is 2.42. The van der Waals surface area contributed by atoms with Gasteiger partial charge in [0.25, 0.3) is 0 Å². The first-order valence-electron chi connectivity index (χ1n) is 7.74. The number of anilines is 1. The summed E-state index contributed by atoms with van der Waals surface area (Å²) in [6.07, 6.45) is -0.641. The number of aliphatic carboxylic acids is 2. The van der Waals surface area contributed by atoms with Crippen LogP contribution < -0.4 is 9.64 Å². The Hall–Kier alpha value is -2.36. The third-order valence-electron chi connectivity index (χ3n) is 3.66. The molecule has 1 aromatic rings. The monoisotopic (exact) mass is 356 g/mol. The van der Waals surface area contributed by atoms with Crippen LogP contribution in [0.4, 0.5) is 5.69 Å². The molecule has 1 saturated heterocycles. The van der Waals surface area contributed by atoms with E-state index in [9.17, 15) is 5.11 Å². The molecular weight excluding hydrogens is 332 g/mol. The van der Waals surface area contributed by atoms with Crippen LogP contribution in [0.1, 0.15) is 0 Å². The largest absolute Gasteiger partial charge is 0.495 e. The Kier molecular flexibility index (Phi) is 8.68. The van der Waals surface area contributed by atoms with Crippen molar-refractivity contribution in [3.05, 3.63) is 24.3 Å². The first kappa shape index (κ1) is 20.7. The molecule has 0 aromatic heterocycles. The van der Waals surface area contributed by atoms with Gasteiger partial charge < -0.3 is 30.1 Å². The normalized spacial score (nSPS) is 15.7. The second-order valence-electron chi connectivity index (χ2n) is 5.41. The maximum absolute atomic E-state index is 9.45. The minimum absolute atomic E-state index is 0.174. The second kappa shape index (κ2) is 10.5. The van der Waals surface area contributed by atoms with Crippen molar-refractivity contribution in [3.63, 3.8) is 0 Å². The van der Waals surface area contributed by atoms with Gasteiger partial charge >= 0.3 is 11.9 Å². The molecule has 9 nitrogen and oxygen atoms in total. The third kappa shape index (κ3) is 6.96. The summed E-state index contributed by atoms with van der Waals surface area (Å²) in [7, 11) is 1.69. The van der Waals surface area contributed by atoms with E-state index < -0.39 is 18.0 Å². The van der Waals surface area contributed by atoms with Crippen LogP contribution >= 0.6 is 0 Å². The number of hydrogen-bond donors (Lipinski definition) is 4. The number of carbonyl (C=O) groups is 2. The summed E-state index contributed by atoms with van der Waals surface area (Å²) in [6.45, 7) is 3.93. The van der Waals surface area contributed by atoms with Crippen molar-refractivity contribution in [3.8, 4) is 5.75 Å². The summed E-state index contributed by atoms with van der Waals surface area (Å²) < 4.78 is 5.38. The fraction of sp³-hybridized carbons (Fsp3) is 0.500. The van der Waals surface area contributed by atoms with Gasteiger partial charge in [-0.25, -0.2) is 9.59 Å². The van der Waals surface area contributed by atoms with Crippen molar-refractivity contribution in [1.29, 1.82) is 0 Å². The van der Waals surface area contributed by atoms with Gasteiger partial charge in [-0.1, -0.05) is 12.1 Å². The van der Waals surface area contributed by atoms with Gasteiger partial charge in [-0.05, 0) is 12.1 Å². The Balaban J connectivity index is 0.000000450. The molecule has 1 aliphatic rings. The zero-order valence-electron chi connectivity index (χ0n) is 14.0. The van der Waals surface area contributed by atoms with E-state index in [4.69, 9.17) is 29.6 Å². The number of aliphatic hydroxyl groups is 2. The van der Waals surface area contributed by atoms with Crippen LogP contribution in [0.3, 0.4) is 0 Å². The maximum Gasteiger partial charge on any atom is 0.414 e. The zero-order valence-corrected chi connectivity index (χ0v) is 14.0. The average molecular weight is 356 g/mol. The quantitative estimate of drug-likeness (QED) is 0.507. The SMILES string of the molecule is COc1ccccc1N1CCN(CC(O)CO)CC1.O=C(O)C(=O)O. The molecule has 140 valence electrons. The molecule has 0 bridgehead atoms. The minimum atomic E-state index is -1.82. The van der Waals surface area contributed by atoms with E-state index in [1.54, 1.807) is 7.11 Å². The van der Waals surface area contributed by atoms with E-state index in [0.29, 0.717) is 6.54 Å². The van der Waals surface area contributed by atoms with Gasteiger partial charge in [0, 0.05) is 32.7 Å². The number of benzene rings is 1. The first-order valence-corrected chi connectivity index (χ1v) is 7.74. The molecule has 2 rings (SSSR count). The predicted molar refractivity (Wildman–Crippen MR) is 90.0 cm³/mol. The maximum atomic E-state index is 9.45. The number of aliphatic hydroxyl groups excluding tert-OH is 2. The number of ether oxygens (including phenoxy) is 1. The lowest BCUT2D eigenvalue weighted by molar-refractivity contribution is -0.159. The molecular formula is C16H24N2O7. The standard InChI is InChI=1S/C14H22N2O3.C2H2O4/c1-19-14-5-3-2-4-13(14)16-8-6-15(7-9-16)10-12(18)11-17;3-1(4)2(5)6/h2-5,12,17-18H,6-11H2,1H3;(H,3,4)(H,5,6). The van der Waals surface area contributed by atoms with Crippen molar-refractivity contribution in [1.82, 2.24) is 4.90 Å². The number of para-hydroxylation sites is 2. The highest BCUT2D eigenvalue weighted by Crippen LogP contribution is 2.28. The van der Waals surface area contributed by atoms with Gasteiger partial charge in [0.1, 0.15) is 5.75 Å². The molecule has 1 heterocycles. The van der Waals surface area contributed by atoms with E-state index in [0.717, 1.165) is 37.6 Å². The van der Waals surface area contributed by atoms with Crippen LogP contribution in [0, 0.1) is 0 Å². The molecule has 1 atom stereocenters. The summed E-state index contributed by atoms with van der Waals surface area (Å²) in [5, 5.41) is 33.1. The molecule has 1 unspecified atom stereocenters. The summed E-state index contributed by atoms with van der Waals surface area (Å²) >= 11 is 0. The number of carboxylic acids is 2. The highest BCUT2D eigenvalue weighted by atomic mass is 16.5. The van der Waals surface area contributed by atoms with Crippen molar-refractivity contribution in [2.75, 3.05) is 51.3 Å². The molecule has 0 spiro atoms. The lowest BCUT2D eigenvalue weighted by atomic mass is 10.2. The molecule has 0 saturated carbocycles. The Morgan fingerprint density at radius 3 is 2.16 bits per heavy atom. The zero-order chi connectivity index (χ0) is 18.8. The van der Waals surface area contributed by atoms with Gasteiger partial charge in [-0.15, -0.1) is 0 Å². The number of hydrogen-bond acceptors (Lipinski definition) is 7. The molecule has 1 aliphatic heterocycles. The number of rotatable bonds is 5. The van der Waals surface area contributed by atoms with Gasteiger partial charge in [-0.3, -0.25) is 4.90 Å². The number of carboxylic acid groups (broad SMARTS) is 2. The molecule has 0 aliphatic carbocycles. The van der Waals surface area contributed by atoms with Gasteiger partial charge in [0.05, 0.1) is 25.5 Å². The summed E-state index contributed by atoms with van der Waals surface area (Å²) in [5.41, 5.74) is 1.12. The van der Waals surface area contributed by atoms with Crippen LogP contribution in [0.15, 0.2) is 24.3 Å². The van der Waals surface area contributed by atoms with Gasteiger partial charge in [0.2, 0.25) is 0 Å². The highest BCUT2D eigenvalue weighted by Gasteiger charge is 2.20. The minimum Gasteiger partial charge on any atom is -0.495 e. The van der Waals surface area contributed by atoms with Crippen molar-refractivity contribution < 1.29 is 34.8 Å². The number of methoxy groups -OCH3 is 1. The lowest BCUT2D eigenvalue weighted by Crippen LogP contribution is -2.49. The van der Waals surface area contributed by atoms with Crippen molar-refractivity contribution >= 4 is 17.6 Å². The van der Waals surface area contributed by atoms with Gasteiger partial charge in [-0.2, -0.15) is 0 Å². The van der Waals surface area contributed by atoms with E-state index in [-0.39, 0.29) is 6.61 Å². The molecule has 1 aromatic carbocycles. The van der Waals surface area contributed by atoms with Crippen LogP contribution in [-0.4, -0.2) is 89.8 Å². The fourth-order valence-electron chi connectivity index (χ4n) is 2.42. The molecule has 0 radical (unpaired) electrons. The molecule has 0 amide bonds. The Labute approximate surface area is 145 Å². The Bertz CT molecular complexity index is 547. The third-order valence-corrected chi connectivity index (χ3v) is 3.66. The molecule has 4 N–H and O–H groups in total. The Morgan fingerprint density at radius 2 is 1.68 bits per heavy atom. The van der Waals surface area contributed by atoms with Gasteiger partial charge in [0.15, 0.2) is 0 Å². The summed E-state index contributed by atoms with van der Waals surface area (Å²) in [4.78, 5) is 22.7. The number of β-amino-alcohol motifs (C(OH)–C–C–N with tert-alkyl or cyclic N) is 1. The van der Waals surface area contributed by atoms with Crippen LogP contribution in [0.2, 0.25) is 0 Å². The molecule has 1 fully saturated rings. The smallest absolute Gasteiger partial charge is 0.414 e. The highest BCUT2D eigenvalue weighted by molar-refractivity contribution is 6.27. The van der Waals surface area contributed by atoms with Crippen molar-refractivity contribution in [2.24, 2.45) is 0 Å². The van der Waals surface area contributed by atoms with E-state index >= 15 is 0 Å². The van der Waals surface area contributed by atoms with E-state index in [1.807, 2.05) is 18.2 Å². The lowest BCUT2D eigenvalue weighted by Gasteiger charge is -2.37. The first-order chi connectivity index (χ1) is 11.9. The van der Waals surface area contributed by atoms with Crippen LogP contribution in [-0.2, 0) is 9.59 Å². The Morgan fingerprint density at radius 1 is 1.12 bits per heavy atom.